The minimum Gasteiger partial charge on any atom is -0.468 e. The monoisotopic (exact) mass is 140 g/mol. The van der Waals surface area contributed by atoms with Crippen LogP contribution in [0.15, 0.2) is 17.1 Å². The third-order valence-electron chi connectivity index (χ3n) is 1.13. The molecule has 1 aromatic rings. The first-order valence-electron chi connectivity index (χ1n) is 2.81. The molecule has 4 nitrogen and oxygen atoms in total. The highest BCUT2D eigenvalue weighted by Crippen LogP contribution is 1.96. The van der Waals surface area contributed by atoms with E-state index in [1.54, 1.807) is 17.8 Å². The molecular formula is C6H8N2O2. The van der Waals surface area contributed by atoms with Crippen LogP contribution in [-0.2, 0) is 7.05 Å². The SMILES string of the molecule is COc1nc(=O)ccn1C. The Bertz CT molecular complexity index is 279. The maximum atomic E-state index is 10.6. The van der Waals surface area contributed by atoms with Crippen LogP contribution in [0.25, 0.3) is 0 Å². The second-order valence-corrected chi connectivity index (χ2v) is 1.86. The van der Waals surface area contributed by atoms with Gasteiger partial charge >= 0.3 is 0 Å². The maximum absolute atomic E-state index is 10.6. The Hall–Kier alpha value is -1.32. The second-order valence-electron chi connectivity index (χ2n) is 1.86. The molecule has 0 spiro atoms. The summed E-state index contributed by atoms with van der Waals surface area (Å²) in [7, 11) is 3.23. The molecule has 1 rings (SSSR count). The van der Waals surface area contributed by atoms with Crippen LogP contribution in [0.2, 0.25) is 0 Å². The Morgan fingerprint density at radius 1 is 1.70 bits per heavy atom. The number of hydrogen-bond acceptors (Lipinski definition) is 3. The number of nitrogens with zero attached hydrogens (tertiary/aromatic N) is 2. The van der Waals surface area contributed by atoms with Crippen molar-refractivity contribution in [2.45, 2.75) is 0 Å². The first-order valence-corrected chi connectivity index (χ1v) is 2.81. The number of rotatable bonds is 1. The van der Waals surface area contributed by atoms with E-state index in [2.05, 4.69) is 4.98 Å². The van der Waals surface area contributed by atoms with Crippen LogP contribution in [0.1, 0.15) is 0 Å². The Labute approximate surface area is 58.1 Å². The van der Waals surface area contributed by atoms with Gasteiger partial charge in [-0.3, -0.25) is 4.79 Å². The summed E-state index contributed by atoms with van der Waals surface area (Å²) in [5.74, 6) is 0. The van der Waals surface area contributed by atoms with Gasteiger partial charge < -0.3 is 9.30 Å². The van der Waals surface area contributed by atoms with E-state index in [1.807, 2.05) is 0 Å². The van der Waals surface area contributed by atoms with E-state index in [0.717, 1.165) is 0 Å². The Kier molecular flexibility index (Phi) is 1.71. The molecule has 0 fully saturated rings. The van der Waals surface area contributed by atoms with Gasteiger partial charge in [0.2, 0.25) is 0 Å². The molecule has 54 valence electrons. The van der Waals surface area contributed by atoms with Crippen molar-refractivity contribution in [3.8, 4) is 6.01 Å². The van der Waals surface area contributed by atoms with Crippen molar-refractivity contribution in [3.05, 3.63) is 22.6 Å². The molecule has 4 heteroatoms. The molecule has 0 aliphatic rings. The van der Waals surface area contributed by atoms with Gasteiger partial charge in [-0.15, -0.1) is 0 Å². The first kappa shape index (κ1) is 6.80. The molecule has 0 amide bonds. The van der Waals surface area contributed by atoms with E-state index in [0.29, 0.717) is 6.01 Å². The number of aromatic nitrogens is 2. The van der Waals surface area contributed by atoms with Gasteiger partial charge in [-0.2, -0.15) is 4.98 Å². The molecule has 10 heavy (non-hydrogen) atoms. The summed E-state index contributed by atoms with van der Waals surface area (Å²) < 4.78 is 6.40. The van der Waals surface area contributed by atoms with Gasteiger partial charge in [0.25, 0.3) is 11.6 Å². The minimum absolute atomic E-state index is 0.282. The third kappa shape index (κ3) is 1.15. The quantitative estimate of drug-likeness (QED) is 0.542. The Morgan fingerprint density at radius 2 is 2.40 bits per heavy atom. The molecule has 0 unspecified atom stereocenters. The van der Waals surface area contributed by atoms with E-state index in [-0.39, 0.29) is 5.56 Å². The average molecular weight is 140 g/mol. The predicted octanol–water partition coefficient (Wildman–Crippen LogP) is -0.211. The van der Waals surface area contributed by atoms with Gasteiger partial charge in [0.05, 0.1) is 7.11 Å². The van der Waals surface area contributed by atoms with Crippen molar-refractivity contribution in [2.24, 2.45) is 7.05 Å². The lowest BCUT2D eigenvalue weighted by atomic mass is 10.6. The maximum Gasteiger partial charge on any atom is 0.299 e. The zero-order chi connectivity index (χ0) is 7.56. The Morgan fingerprint density at radius 3 is 2.90 bits per heavy atom. The van der Waals surface area contributed by atoms with E-state index in [9.17, 15) is 4.79 Å². The topological polar surface area (TPSA) is 44.1 Å². The van der Waals surface area contributed by atoms with Gasteiger partial charge in [0.15, 0.2) is 0 Å². The van der Waals surface area contributed by atoms with Gasteiger partial charge in [-0.1, -0.05) is 0 Å². The standard InChI is InChI=1S/C6H8N2O2/c1-8-4-3-5(9)7-6(8)10-2/h3-4H,1-2H3. The molecule has 0 atom stereocenters. The summed E-state index contributed by atoms with van der Waals surface area (Å²) in [4.78, 5) is 14.2. The number of ether oxygens (including phenoxy) is 1. The van der Waals surface area contributed by atoms with Crippen molar-refractivity contribution in [1.29, 1.82) is 0 Å². The van der Waals surface area contributed by atoms with Crippen LogP contribution >= 0.6 is 0 Å². The smallest absolute Gasteiger partial charge is 0.299 e. The van der Waals surface area contributed by atoms with Crippen molar-refractivity contribution in [1.82, 2.24) is 9.55 Å². The number of methoxy groups -OCH3 is 1. The molecule has 0 N–H and O–H groups in total. The molecule has 0 aliphatic carbocycles. The minimum atomic E-state index is -0.282. The zero-order valence-corrected chi connectivity index (χ0v) is 5.87. The summed E-state index contributed by atoms with van der Waals surface area (Å²) in [5.41, 5.74) is -0.282. The second kappa shape index (κ2) is 2.51. The molecule has 0 bridgehead atoms. The van der Waals surface area contributed by atoms with Crippen LogP contribution in [0.5, 0.6) is 6.01 Å². The van der Waals surface area contributed by atoms with Crippen molar-refractivity contribution in [3.63, 3.8) is 0 Å². The summed E-state index contributed by atoms with van der Waals surface area (Å²) in [6.07, 6.45) is 1.61. The molecule has 0 aliphatic heterocycles. The fraction of sp³-hybridized carbons (Fsp3) is 0.333. The fourth-order valence-corrected chi connectivity index (χ4v) is 0.639. The highest BCUT2D eigenvalue weighted by atomic mass is 16.5. The lowest BCUT2D eigenvalue weighted by Gasteiger charge is -2.01. The predicted molar refractivity (Wildman–Crippen MR) is 36.0 cm³/mol. The normalized spacial score (nSPS) is 9.40. The van der Waals surface area contributed by atoms with Crippen molar-refractivity contribution in [2.75, 3.05) is 7.11 Å². The molecule has 0 saturated carbocycles. The van der Waals surface area contributed by atoms with Crippen LogP contribution < -0.4 is 10.3 Å². The molecule has 0 radical (unpaired) electrons. The Balaban J connectivity index is 3.22. The van der Waals surface area contributed by atoms with Gasteiger partial charge in [0.1, 0.15) is 0 Å². The molecular weight excluding hydrogens is 132 g/mol. The third-order valence-corrected chi connectivity index (χ3v) is 1.13. The van der Waals surface area contributed by atoms with Crippen LogP contribution in [0.3, 0.4) is 0 Å². The van der Waals surface area contributed by atoms with Crippen LogP contribution in [0, 0.1) is 0 Å². The van der Waals surface area contributed by atoms with Gasteiger partial charge in [0, 0.05) is 19.3 Å². The fourth-order valence-electron chi connectivity index (χ4n) is 0.639. The molecule has 0 saturated heterocycles. The summed E-state index contributed by atoms with van der Waals surface area (Å²) in [5, 5.41) is 0. The summed E-state index contributed by atoms with van der Waals surface area (Å²) >= 11 is 0. The van der Waals surface area contributed by atoms with Crippen LogP contribution in [-0.4, -0.2) is 16.7 Å². The van der Waals surface area contributed by atoms with Crippen LogP contribution in [0.4, 0.5) is 0 Å². The van der Waals surface area contributed by atoms with E-state index in [4.69, 9.17) is 4.74 Å². The zero-order valence-electron chi connectivity index (χ0n) is 5.87. The van der Waals surface area contributed by atoms with E-state index in [1.165, 1.54) is 13.2 Å². The van der Waals surface area contributed by atoms with E-state index < -0.39 is 0 Å². The molecule has 1 heterocycles. The number of aryl methyl sites for hydroxylation is 1. The van der Waals surface area contributed by atoms with Crippen molar-refractivity contribution < 1.29 is 4.74 Å². The summed E-state index contributed by atoms with van der Waals surface area (Å²) in [6, 6.07) is 1.70. The van der Waals surface area contributed by atoms with Gasteiger partial charge in [-0.25, -0.2) is 0 Å². The van der Waals surface area contributed by atoms with Gasteiger partial charge in [-0.05, 0) is 0 Å². The lowest BCUT2D eigenvalue weighted by Crippen LogP contribution is -2.10. The lowest BCUT2D eigenvalue weighted by molar-refractivity contribution is 0.358. The molecule has 0 aromatic carbocycles. The highest BCUT2D eigenvalue weighted by Gasteiger charge is 1.95. The molecule has 1 aromatic heterocycles. The first-order chi connectivity index (χ1) is 4.74. The van der Waals surface area contributed by atoms with Crippen molar-refractivity contribution >= 4 is 0 Å². The summed E-state index contributed by atoms with van der Waals surface area (Å²) in [6.45, 7) is 0. The largest absolute Gasteiger partial charge is 0.468 e. The van der Waals surface area contributed by atoms with E-state index >= 15 is 0 Å². The average Bonchev–Trinajstić information content (AvgIpc) is 1.94. The highest BCUT2D eigenvalue weighted by molar-refractivity contribution is 4.96. The number of hydrogen-bond donors (Lipinski definition) is 0.